The van der Waals surface area contributed by atoms with E-state index in [1.165, 1.54) is 6.07 Å². The molecule has 0 aromatic heterocycles. The van der Waals surface area contributed by atoms with Gasteiger partial charge in [0.05, 0.1) is 0 Å². The molecule has 1 aromatic carbocycles. The van der Waals surface area contributed by atoms with E-state index >= 15 is 0 Å². The van der Waals surface area contributed by atoms with Gasteiger partial charge in [-0.1, -0.05) is 18.2 Å². The molecular formula is C7H6F2S. The lowest BCUT2D eigenvalue weighted by molar-refractivity contribution is 0.148. The quantitative estimate of drug-likeness (QED) is 0.600. The van der Waals surface area contributed by atoms with Gasteiger partial charge in [0.2, 0.25) is 0 Å². The van der Waals surface area contributed by atoms with Crippen LogP contribution in [0.25, 0.3) is 0 Å². The maximum absolute atomic E-state index is 12.0. The number of hydrogen-bond donors (Lipinski definition) is 1. The highest BCUT2D eigenvalue weighted by Crippen LogP contribution is 2.24. The summed E-state index contributed by atoms with van der Waals surface area (Å²) in [6.07, 6.45) is -2.42. The highest BCUT2D eigenvalue weighted by molar-refractivity contribution is 7.80. The molecule has 0 aliphatic carbocycles. The van der Waals surface area contributed by atoms with Crippen molar-refractivity contribution in [2.24, 2.45) is 0 Å². The van der Waals surface area contributed by atoms with Crippen LogP contribution in [0.5, 0.6) is 0 Å². The number of thiol groups is 1. The molecule has 0 heterocycles. The predicted octanol–water partition coefficient (Wildman–Crippen LogP) is 2.91. The smallest absolute Gasteiger partial charge is 0.205 e. The molecule has 0 saturated carbocycles. The third kappa shape index (κ3) is 1.48. The summed E-state index contributed by atoms with van der Waals surface area (Å²) in [5, 5.41) is 0. The zero-order chi connectivity index (χ0) is 7.56. The third-order valence-electron chi connectivity index (χ3n) is 1.17. The fourth-order valence-electron chi connectivity index (χ4n) is 0.672. The Bertz CT molecular complexity index is 223. The standard InChI is InChI=1S/C7H6F2S/c8-7(9)5-3-1-2-4-6(5)10/h1-4,7,10H. The normalized spacial score (nSPS) is 10.4. The molecule has 1 aromatic rings. The minimum Gasteiger partial charge on any atom is -0.205 e. The van der Waals surface area contributed by atoms with Crippen LogP contribution in [0, 0.1) is 0 Å². The summed E-state index contributed by atoms with van der Waals surface area (Å²) >= 11 is 3.86. The molecule has 0 bridgehead atoms. The van der Waals surface area contributed by atoms with Gasteiger partial charge in [-0.05, 0) is 6.07 Å². The summed E-state index contributed by atoms with van der Waals surface area (Å²) in [5.41, 5.74) is -0.00849. The Balaban J connectivity index is 3.03. The van der Waals surface area contributed by atoms with Crippen molar-refractivity contribution in [1.29, 1.82) is 0 Å². The van der Waals surface area contributed by atoms with Crippen molar-refractivity contribution >= 4 is 12.6 Å². The zero-order valence-corrected chi connectivity index (χ0v) is 5.98. The number of hydrogen-bond acceptors (Lipinski definition) is 1. The first-order valence-electron chi connectivity index (χ1n) is 2.78. The first-order valence-corrected chi connectivity index (χ1v) is 3.22. The molecule has 0 radical (unpaired) electrons. The number of benzene rings is 1. The van der Waals surface area contributed by atoms with Crippen molar-refractivity contribution in [1.82, 2.24) is 0 Å². The average Bonchev–Trinajstić information content (AvgIpc) is 1.88. The molecule has 54 valence electrons. The van der Waals surface area contributed by atoms with Gasteiger partial charge in [0.25, 0.3) is 6.43 Å². The van der Waals surface area contributed by atoms with E-state index in [0.29, 0.717) is 4.90 Å². The van der Waals surface area contributed by atoms with Crippen LogP contribution < -0.4 is 0 Å². The highest BCUT2D eigenvalue weighted by atomic mass is 32.1. The van der Waals surface area contributed by atoms with Gasteiger partial charge in [-0.3, -0.25) is 0 Å². The monoisotopic (exact) mass is 160 g/mol. The lowest BCUT2D eigenvalue weighted by Gasteiger charge is -2.00. The lowest BCUT2D eigenvalue weighted by atomic mass is 10.2. The van der Waals surface area contributed by atoms with Gasteiger partial charge in [-0.2, -0.15) is 0 Å². The van der Waals surface area contributed by atoms with Crippen molar-refractivity contribution in [2.45, 2.75) is 11.3 Å². The van der Waals surface area contributed by atoms with Gasteiger partial charge in [0.15, 0.2) is 0 Å². The predicted molar refractivity (Wildman–Crippen MR) is 38.7 cm³/mol. The van der Waals surface area contributed by atoms with Crippen molar-refractivity contribution < 1.29 is 8.78 Å². The maximum atomic E-state index is 12.0. The molecular weight excluding hydrogens is 154 g/mol. The Morgan fingerprint density at radius 2 is 1.80 bits per heavy atom. The van der Waals surface area contributed by atoms with E-state index < -0.39 is 6.43 Å². The average molecular weight is 160 g/mol. The van der Waals surface area contributed by atoms with Crippen molar-refractivity contribution in [3.05, 3.63) is 29.8 Å². The second-order valence-corrected chi connectivity index (χ2v) is 2.34. The van der Waals surface area contributed by atoms with Crippen LogP contribution >= 0.6 is 12.6 Å². The molecule has 3 heteroatoms. The molecule has 0 unspecified atom stereocenters. The lowest BCUT2D eigenvalue weighted by Crippen LogP contribution is -1.84. The summed E-state index contributed by atoms with van der Waals surface area (Å²) in [7, 11) is 0. The van der Waals surface area contributed by atoms with E-state index in [4.69, 9.17) is 0 Å². The number of alkyl halides is 2. The van der Waals surface area contributed by atoms with Gasteiger partial charge in [-0.25, -0.2) is 8.78 Å². The fraction of sp³-hybridized carbons (Fsp3) is 0.143. The molecule has 0 amide bonds. The number of halogens is 2. The van der Waals surface area contributed by atoms with Crippen LogP contribution in [0.1, 0.15) is 12.0 Å². The van der Waals surface area contributed by atoms with Crippen LogP contribution in [0.4, 0.5) is 8.78 Å². The van der Waals surface area contributed by atoms with Crippen molar-refractivity contribution in [3.8, 4) is 0 Å². The Morgan fingerprint density at radius 3 is 2.20 bits per heavy atom. The summed E-state index contributed by atoms with van der Waals surface area (Å²) in [6.45, 7) is 0. The molecule has 0 nitrogen and oxygen atoms in total. The topological polar surface area (TPSA) is 0 Å². The first kappa shape index (κ1) is 7.54. The minimum absolute atomic E-state index is 0.00849. The molecule has 0 aliphatic rings. The largest absolute Gasteiger partial charge is 0.264 e. The highest BCUT2D eigenvalue weighted by Gasteiger charge is 2.08. The van der Waals surface area contributed by atoms with E-state index in [1.807, 2.05) is 0 Å². The van der Waals surface area contributed by atoms with E-state index in [9.17, 15) is 8.78 Å². The Hall–Kier alpha value is -0.570. The van der Waals surface area contributed by atoms with Gasteiger partial charge in [0, 0.05) is 10.5 Å². The fourth-order valence-corrected chi connectivity index (χ4v) is 0.930. The van der Waals surface area contributed by atoms with Gasteiger partial charge in [0.1, 0.15) is 0 Å². The molecule has 0 atom stereocenters. The van der Waals surface area contributed by atoms with E-state index in [0.717, 1.165) is 0 Å². The molecule has 0 fully saturated rings. The van der Waals surface area contributed by atoms with E-state index in [1.54, 1.807) is 18.2 Å². The van der Waals surface area contributed by atoms with Crippen molar-refractivity contribution in [2.75, 3.05) is 0 Å². The zero-order valence-electron chi connectivity index (χ0n) is 5.09. The SMILES string of the molecule is FC(F)c1ccccc1S. The first-order chi connectivity index (χ1) is 4.72. The molecule has 10 heavy (non-hydrogen) atoms. The Morgan fingerprint density at radius 1 is 1.20 bits per heavy atom. The van der Waals surface area contributed by atoms with Crippen LogP contribution in [0.3, 0.4) is 0 Å². The summed E-state index contributed by atoms with van der Waals surface area (Å²) < 4.78 is 24.0. The van der Waals surface area contributed by atoms with E-state index in [-0.39, 0.29) is 5.56 Å². The molecule has 1 rings (SSSR count). The van der Waals surface area contributed by atoms with Crippen LogP contribution in [-0.2, 0) is 0 Å². The van der Waals surface area contributed by atoms with Gasteiger partial charge in [-0.15, -0.1) is 12.6 Å². The van der Waals surface area contributed by atoms with Crippen LogP contribution in [-0.4, -0.2) is 0 Å². The molecule has 0 saturated heterocycles. The molecule has 0 spiro atoms. The van der Waals surface area contributed by atoms with Gasteiger partial charge < -0.3 is 0 Å². The Labute approximate surface area is 63.3 Å². The second-order valence-electron chi connectivity index (χ2n) is 1.86. The molecule has 0 aliphatic heterocycles. The third-order valence-corrected chi connectivity index (χ3v) is 1.58. The van der Waals surface area contributed by atoms with Crippen molar-refractivity contribution in [3.63, 3.8) is 0 Å². The number of rotatable bonds is 1. The van der Waals surface area contributed by atoms with Crippen LogP contribution in [0.15, 0.2) is 29.2 Å². The summed E-state index contributed by atoms with van der Waals surface area (Å²) in [6, 6.07) is 6.16. The summed E-state index contributed by atoms with van der Waals surface area (Å²) in [5.74, 6) is 0. The Kier molecular flexibility index (Phi) is 2.27. The summed E-state index contributed by atoms with van der Waals surface area (Å²) in [4.78, 5) is 0.345. The second kappa shape index (κ2) is 3.01. The minimum atomic E-state index is -2.42. The molecule has 0 N–H and O–H groups in total. The maximum Gasteiger partial charge on any atom is 0.264 e. The van der Waals surface area contributed by atoms with Gasteiger partial charge >= 0.3 is 0 Å². The van der Waals surface area contributed by atoms with Crippen LogP contribution in [0.2, 0.25) is 0 Å². The van der Waals surface area contributed by atoms with E-state index in [2.05, 4.69) is 12.6 Å².